The van der Waals surface area contributed by atoms with Gasteiger partial charge in [0, 0.05) is 0 Å². The summed E-state index contributed by atoms with van der Waals surface area (Å²) in [5, 5.41) is 2.96. The van der Waals surface area contributed by atoms with Crippen molar-refractivity contribution in [2.45, 2.75) is 13.8 Å². The van der Waals surface area contributed by atoms with Gasteiger partial charge in [-0.05, 0) is 42.5 Å². The van der Waals surface area contributed by atoms with Crippen molar-refractivity contribution >= 4 is 21.6 Å². The summed E-state index contributed by atoms with van der Waals surface area (Å²) in [4.78, 5) is 9.38. The third kappa shape index (κ3) is 1.84. The highest BCUT2D eigenvalue weighted by Gasteiger charge is 2.09. The van der Waals surface area contributed by atoms with E-state index in [0.717, 1.165) is 21.5 Å². The number of aryl methyl sites for hydroxylation is 1. The number of aromatic nitrogens is 2. The molecule has 0 fully saturated rings. The Bertz CT molecular complexity index is 706. The van der Waals surface area contributed by atoms with Gasteiger partial charge in [-0.15, -0.1) is 11.3 Å². The Morgan fingerprint density at radius 3 is 2.89 bits per heavy atom. The van der Waals surface area contributed by atoms with E-state index < -0.39 is 0 Å². The van der Waals surface area contributed by atoms with Crippen molar-refractivity contribution in [2.24, 2.45) is 0 Å². The number of fused-ring (bicyclic) bond motifs is 1. The maximum Gasteiger partial charge on any atom is 0.231 e. The molecule has 3 rings (SSSR count). The van der Waals surface area contributed by atoms with Crippen molar-refractivity contribution in [3.8, 4) is 11.6 Å². The van der Waals surface area contributed by atoms with E-state index in [4.69, 9.17) is 4.74 Å². The SMILES string of the molecule is Cc1cccc(Oc2ncnc3sccc23)c1C. The normalized spacial score (nSPS) is 10.8. The fraction of sp³-hybridized carbons (Fsp3) is 0.143. The lowest BCUT2D eigenvalue weighted by Gasteiger charge is -2.09. The molecule has 0 saturated heterocycles. The maximum atomic E-state index is 5.92. The number of rotatable bonds is 2. The Kier molecular flexibility index (Phi) is 2.72. The average molecular weight is 256 g/mol. The summed E-state index contributed by atoms with van der Waals surface area (Å²) in [5.41, 5.74) is 2.35. The van der Waals surface area contributed by atoms with Crippen LogP contribution in [0.4, 0.5) is 0 Å². The maximum absolute atomic E-state index is 5.92. The molecular formula is C14H12N2OS. The van der Waals surface area contributed by atoms with Crippen molar-refractivity contribution in [3.05, 3.63) is 47.1 Å². The minimum Gasteiger partial charge on any atom is -0.438 e. The van der Waals surface area contributed by atoms with Crippen molar-refractivity contribution in [3.63, 3.8) is 0 Å². The first-order valence-corrected chi connectivity index (χ1v) is 6.56. The fourth-order valence-corrected chi connectivity index (χ4v) is 2.51. The van der Waals surface area contributed by atoms with Crippen molar-refractivity contribution in [1.29, 1.82) is 0 Å². The Morgan fingerprint density at radius 1 is 1.11 bits per heavy atom. The largest absolute Gasteiger partial charge is 0.438 e. The third-order valence-corrected chi connectivity index (χ3v) is 3.81. The quantitative estimate of drug-likeness (QED) is 0.692. The molecule has 0 radical (unpaired) electrons. The minimum atomic E-state index is 0.620. The van der Waals surface area contributed by atoms with Gasteiger partial charge in [0.05, 0.1) is 5.39 Å². The zero-order valence-corrected chi connectivity index (χ0v) is 11.0. The highest BCUT2D eigenvalue weighted by atomic mass is 32.1. The van der Waals surface area contributed by atoms with Gasteiger partial charge in [0.1, 0.15) is 16.9 Å². The predicted octanol–water partition coefficient (Wildman–Crippen LogP) is 4.10. The molecule has 0 unspecified atom stereocenters. The predicted molar refractivity (Wildman–Crippen MR) is 73.4 cm³/mol. The topological polar surface area (TPSA) is 35.0 Å². The molecule has 3 aromatic rings. The van der Waals surface area contributed by atoms with E-state index in [9.17, 15) is 0 Å². The number of nitrogens with zero attached hydrogens (tertiary/aromatic N) is 2. The lowest BCUT2D eigenvalue weighted by Crippen LogP contribution is -1.92. The molecule has 0 amide bonds. The molecule has 0 atom stereocenters. The van der Waals surface area contributed by atoms with Crippen LogP contribution in [-0.4, -0.2) is 9.97 Å². The van der Waals surface area contributed by atoms with E-state index >= 15 is 0 Å². The molecule has 4 heteroatoms. The monoisotopic (exact) mass is 256 g/mol. The van der Waals surface area contributed by atoms with E-state index in [1.165, 1.54) is 5.56 Å². The zero-order valence-electron chi connectivity index (χ0n) is 10.2. The molecule has 0 aliphatic rings. The molecule has 0 N–H and O–H groups in total. The standard InChI is InChI=1S/C14H12N2OS/c1-9-4-3-5-12(10(9)2)17-13-11-6-7-18-14(11)16-8-15-13/h3-8H,1-2H3. The second-order valence-corrected chi connectivity index (χ2v) is 5.01. The summed E-state index contributed by atoms with van der Waals surface area (Å²) < 4.78 is 5.92. The molecule has 0 aliphatic carbocycles. The summed E-state index contributed by atoms with van der Waals surface area (Å²) >= 11 is 1.59. The molecule has 2 heterocycles. The van der Waals surface area contributed by atoms with Crippen LogP contribution in [0.1, 0.15) is 11.1 Å². The third-order valence-electron chi connectivity index (χ3n) is 2.99. The van der Waals surface area contributed by atoms with Gasteiger partial charge in [-0.3, -0.25) is 0 Å². The van der Waals surface area contributed by atoms with Crippen LogP contribution in [0.5, 0.6) is 11.6 Å². The van der Waals surface area contributed by atoms with Crippen molar-refractivity contribution in [1.82, 2.24) is 9.97 Å². The molecule has 0 aliphatic heterocycles. The molecule has 0 bridgehead atoms. The van der Waals surface area contributed by atoms with Gasteiger partial charge in [-0.2, -0.15) is 0 Å². The lowest BCUT2D eigenvalue weighted by atomic mass is 10.1. The number of benzene rings is 1. The molecular weight excluding hydrogens is 244 g/mol. The van der Waals surface area contributed by atoms with Crippen LogP contribution in [0.25, 0.3) is 10.2 Å². The second-order valence-electron chi connectivity index (χ2n) is 4.12. The van der Waals surface area contributed by atoms with Gasteiger partial charge in [0.15, 0.2) is 0 Å². The van der Waals surface area contributed by atoms with Crippen LogP contribution in [0.2, 0.25) is 0 Å². The van der Waals surface area contributed by atoms with E-state index in [1.54, 1.807) is 17.7 Å². The number of hydrogen-bond acceptors (Lipinski definition) is 4. The highest BCUT2D eigenvalue weighted by molar-refractivity contribution is 7.16. The first-order valence-electron chi connectivity index (χ1n) is 5.68. The van der Waals surface area contributed by atoms with Crippen LogP contribution in [0, 0.1) is 13.8 Å². The van der Waals surface area contributed by atoms with Crippen molar-refractivity contribution in [2.75, 3.05) is 0 Å². The molecule has 1 aromatic carbocycles. The van der Waals surface area contributed by atoms with Gasteiger partial charge in [-0.25, -0.2) is 9.97 Å². The van der Waals surface area contributed by atoms with Crippen LogP contribution >= 0.6 is 11.3 Å². The van der Waals surface area contributed by atoms with Gasteiger partial charge in [-0.1, -0.05) is 12.1 Å². The van der Waals surface area contributed by atoms with E-state index in [0.29, 0.717) is 5.88 Å². The van der Waals surface area contributed by atoms with Gasteiger partial charge < -0.3 is 4.74 Å². The Hall–Kier alpha value is -1.94. The molecule has 2 aromatic heterocycles. The summed E-state index contributed by atoms with van der Waals surface area (Å²) in [6, 6.07) is 8.01. The average Bonchev–Trinajstić information content (AvgIpc) is 2.84. The number of hydrogen-bond donors (Lipinski definition) is 0. The summed E-state index contributed by atoms with van der Waals surface area (Å²) in [7, 11) is 0. The Balaban J connectivity index is 2.06. The molecule has 0 saturated carbocycles. The summed E-state index contributed by atoms with van der Waals surface area (Å²) in [6.07, 6.45) is 1.54. The van der Waals surface area contributed by atoms with Crippen LogP contribution in [0.3, 0.4) is 0 Å². The summed E-state index contributed by atoms with van der Waals surface area (Å²) in [6.45, 7) is 4.12. The van der Waals surface area contributed by atoms with E-state index in [2.05, 4.69) is 29.9 Å². The second kappa shape index (κ2) is 4.38. The minimum absolute atomic E-state index is 0.620. The van der Waals surface area contributed by atoms with Crippen LogP contribution < -0.4 is 4.74 Å². The van der Waals surface area contributed by atoms with Crippen LogP contribution in [0.15, 0.2) is 36.0 Å². The van der Waals surface area contributed by atoms with Crippen LogP contribution in [-0.2, 0) is 0 Å². The first kappa shape index (κ1) is 11.2. The van der Waals surface area contributed by atoms with Gasteiger partial charge >= 0.3 is 0 Å². The Morgan fingerprint density at radius 2 is 2.00 bits per heavy atom. The fourth-order valence-electron chi connectivity index (χ4n) is 1.79. The molecule has 18 heavy (non-hydrogen) atoms. The van der Waals surface area contributed by atoms with E-state index in [1.807, 2.05) is 23.6 Å². The smallest absolute Gasteiger partial charge is 0.231 e. The molecule has 3 nitrogen and oxygen atoms in total. The Labute approximate surface area is 109 Å². The van der Waals surface area contributed by atoms with Gasteiger partial charge in [0.25, 0.3) is 0 Å². The molecule has 0 spiro atoms. The van der Waals surface area contributed by atoms with Crippen molar-refractivity contribution < 1.29 is 4.74 Å². The summed E-state index contributed by atoms with van der Waals surface area (Å²) in [5.74, 6) is 1.47. The van der Waals surface area contributed by atoms with Gasteiger partial charge in [0.2, 0.25) is 5.88 Å². The number of thiophene rings is 1. The first-order chi connectivity index (χ1) is 8.75. The number of ether oxygens (including phenoxy) is 1. The molecule has 90 valence electrons. The highest BCUT2D eigenvalue weighted by Crippen LogP contribution is 2.31. The lowest BCUT2D eigenvalue weighted by molar-refractivity contribution is 0.464. The zero-order chi connectivity index (χ0) is 12.5. The van der Waals surface area contributed by atoms with E-state index in [-0.39, 0.29) is 0 Å².